The number of hydrogen-bond donors (Lipinski definition) is 2. The molecule has 0 saturated carbocycles. The molecule has 0 amide bonds. The zero-order chi connectivity index (χ0) is 18.2. The molecule has 1 saturated heterocycles. The van der Waals surface area contributed by atoms with Crippen molar-refractivity contribution in [3.63, 3.8) is 0 Å². The van der Waals surface area contributed by atoms with Crippen molar-refractivity contribution in [1.82, 2.24) is 10.3 Å². The Hall–Kier alpha value is -1.05. The van der Waals surface area contributed by atoms with Crippen molar-refractivity contribution in [2.75, 3.05) is 18.0 Å². The highest BCUT2D eigenvalue weighted by Gasteiger charge is 2.17. The highest BCUT2D eigenvalue weighted by Crippen LogP contribution is 2.23. The largest absolute Gasteiger partial charge is 0.370 e. The Morgan fingerprint density at radius 1 is 1.23 bits per heavy atom. The molecule has 0 aliphatic carbocycles. The third-order valence-electron chi connectivity index (χ3n) is 4.73. The van der Waals surface area contributed by atoms with E-state index in [1.807, 2.05) is 6.92 Å². The van der Waals surface area contributed by atoms with E-state index < -0.39 is 0 Å². The number of guanidine groups is 1. The van der Waals surface area contributed by atoms with Gasteiger partial charge < -0.3 is 16.0 Å². The lowest BCUT2D eigenvalue weighted by Crippen LogP contribution is -2.38. The van der Waals surface area contributed by atoms with Crippen LogP contribution in [0.4, 0.5) is 5.82 Å². The molecule has 1 fully saturated rings. The fourth-order valence-electron chi connectivity index (χ4n) is 3.27. The molecule has 0 spiro atoms. The summed E-state index contributed by atoms with van der Waals surface area (Å²) in [5, 5.41) is 3.32. The minimum absolute atomic E-state index is 0. The minimum Gasteiger partial charge on any atom is -0.370 e. The number of rotatable bonds is 8. The zero-order valence-corrected chi connectivity index (χ0v) is 19.1. The molecule has 3 N–H and O–H groups in total. The number of hydrogen-bond acceptors (Lipinski definition) is 3. The van der Waals surface area contributed by atoms with Crippen molar-refractivity contribution in [1.29, 1.82) is 0 Å². The molecule has 148 valence electrons. The molecule has 1 aromatic rings. The summed E-state index contributed by atoms with van der Waals surface area (Å²) in [5.74, 6) is 2.38. The quantitative estimate of drug-likeness (QED) is 0.337. The van der Waals surface area contributed by atoms with Gasteiger partial charge in [-0.05, 0) is 45.1 Å². The molecule has 1 aliphatic rings. The van der Waals surface area contributed by atoms with Crippen LogP contribution in [-0.2, 0) is 6.54 Å². The molecule has 1 aliphatic heterocycles. The van der Waals surface area contributed by atoms with E-state index in [0.29, 0.717) is 18.5 Å². The van der Waals surface area contributed by atoms with Crippen LogP contribution in [0.1, 0.15) is 64.1 Å². The Labute approximate surface area is 176 Å². The van der Waals surface area contributed by atoms with E-state index in [2.05, 4.69) is 48.1 Å². The maximum absolute atomic E-state index is 6.09. The zero-order valence-electron chi connectivity index (χ0n) is 16.8. The third-order valence-corrected chi connectivity index (χ3v) is 4.73. The smallest absolute Gasteiger partial charge is 0.189 e. The third kappa shape index (κ3) is 7.68. The maximum Gasteiger partial charge on any atom is 0.189 e. The van der Waals surface area contributed by atoms with Gasteiger partial charge in [-0.1, -0.05) is 32.8 Å². The van der Waals surface area contributed by atoms with E-state index in [9.17, 15) is 0 Å². The van der Waals surface area contributed by atoms with Crippen molar-refractivity contribution in [2.45, 2.75) is 72.4 Å². The second kappa shape index (κ2) is 11.6. The summed E-state index contributed by atoms with van der Waals surface area (Å²) >= 11 is 0. The minimum atomic E-state index is 0. The average Bonchev–Trinajstić information content (AvgIpc) is 3.07. The standard InChI is InChI=1S/C20H35N5.HI/c1-15(2)8-7-9-16(3)24-20(21)22-14-18-11-10-17(4)23-19(18)25-12-5-6-13-25;/h10-11,15-16H,5-9,12-14H2,1-4H3,(H3,21,22,24);1H. The van der Waals surface area contributed by atoms with E-state index in [0.717, 1.165) is 42.5 Å². The van der Waals surface area contributed by atoms with Gasteiger partial charge in [0.05, 0.1) is 6.54 Å². The number of aliphatic imine (C=N–C) groups is 1. The first-order chi connectivity index (χ1) is 12.0. The summed E-state index contributed by atoms with van der Waals surface area (Å²) in [6.45, 7) is 11.5. The number of aryl methyl sites for hydroxylation is 1. The summed E-state index contributed by atoms with van der Waals surface area (Å²) in [6.07, 6.45) is 6.10. The molecule has 2 rings (SSSR count). The summed E-state index contributed by atoms with van der Waals surface area (Å²) in [4.78, 5) is 11.7. The molecular weight excluding hydrogens is 437 g/mol. The van der Waals surface area contributed by atoms with E-state index in [1.54, 1.807) is 0 Å². The number of nitrogens with zero attached hydrogens (tertiary/aromatic N) is 3. The van der Waals surface area contributed by atoms with E-state index in [1.165, 1.54) is 25.7 Å². The van der Waals surface area contributed by atoms with Crippen LogP contribution >= 0.6 is 24.0 Å². The molecule has 0 aromatic carbocycles. The Bertz CT molecular complexity index is 567. The fraction of sp³-hybridized carbons (Fsp3) is 0.700. The molecule has 0 radical (unpaired) electrons. The Morgan fingerprint density at radius 3 is 2.58 bits per heavy atom. The van der Waals surface area contributed by atoms with Gasteiger partial charge in [0.25, 0.3) is 0 Å². The lowest BCUT2D eigenvalue weighted by atomic mass is 10.0. The summed E-state index contributed by atoms with van der Waals surface area (Å²) in [6, 6.07) is 4.55. The second-order valence-electron chi connectivity index (χ2n) is 7.70. The van der Waals surface area contributed by atoms with Gasteiger partial charge in [-0.3, -0.25) is 0 Å². The average molecular weight is 473 g/mol. The van der Waals surface area contributed by atoms with Crippen LogP contribution in [0.25, 0.3) is 0 Å². The van der Waals surface area contributed by atoms with Crippen LogP contribution in [0.3, 0.4) is 0 Å². The van der Waals surface area contributed by atoms with Crippen molar-refractivity contribution < 1.29 is 0 Å². The van der Waals surface area contributed by atoms with E-state index in [4.69, 9.17) is 10.7 Å². The summed E-state index contributed by atoms with van der Waals surface area (Å²) in [5.41, 5.74) is 8.30. The van der Waals surface area contributed by atoms with Crippen molar-refractivity contribution in [2.24, 2.45) is 16.6 Å². The van der Waals surface area contributed by atoms with Crippen LogP contribution in [-0.4, -0.2) is 30.1 Å². The Kier molecular flexibility index (Phi) is 10.3. The van der Waals surface area contributed by atoms with E-state index in [-0.39, 0.29) is 24.0 Å². The van der Waals surface area contributed by atoms with Crippen LogP contribution in [0.15, 0.2) is 17.1 Å². The molecular formula is C20H36IN5. The molecule has 5 nitrogen and oxygen atoms in total. The number of nitrogens with one attached hydrogen (secondary N) is 1. The van der Waals surface area contributed by atoms with Gasteiger partial charge in [-0.2, -0.15) is 0 Å². The fourth-order valence-corrected chi connectivity index (χ4v) is 3.27. The summed E-state index contributed by atoms with van der Waals surface area (Å²) < 4.78 is 0. The van der Waals surface area contributed by atoms with Gasteiger partial charge in [0, 0.05) is 30.4 Å². The number of aromatic nitrogens is 1. The molecule has 6 heteroatoms. The molecule has 2 heterocycles. The van der Waals surface area contributed by atoms with Crippen molar-refractivity contribution in [3.05, 3.63) is 23.4 Å². The monoisotopic (exact) mass is 473 g/mol. The molecule has 1 aromatic heterocycles. The SMILES string of the molecule is Cc1ccc(CN=C(N)NC(C)CCCC(C)C)c(N2CCCC2)n1.I. The molecule has 0 bridgehead atoms. The Morgan fingerprint density at radius 2 is 1.92 bits per heavy atom. The van der Waals surface area contributed by atoms with Crippen LogP contribution in [0, 0.1) is 12.8 Å². The van der Waals surface area contributed by atoms with Crippen molar-refractivity contribution in [3.8, 4) is 0 Å². The molecule has 1 unspecified atom stereocenters. The first-order valence-electron chi connectivity index (χ1n) is 9.73. The van der Waals surface area contributed by atoms with Gasteiger partial charge in [0.1, 0.15) is 5.82 Å². The lowest BCUT2D eigenvalue weighted by Gasteiger charge is -2.20. The highest BCUT2D eigenvalue weighted by molar-refractivity contribution is 14.0. The van der Waals surface area contributed by atoms with Gasteiger partial charge >= 0.3 is 0 Å². The van der Waals surface area contributed by atoms with Gasteiger partial charge in [-0.25, -0.2) is 9.98 Å². The first kappa shape index (κ1) is 23.0. The number of anilines is 1. The molecule has 1 atom stereocenters. The highest BCUT2D eigenvalue weighted by atomic mass is 127. The Balaban J connectivity index is 0.00000338. The second-order valence-corrected chi connectivity index (χ2v) is 7.70. The van der Waals surface area contributed by atoms with Gasteiger partial charge in [0.2, 0.25) is 0 Å². The van der Waals surface area contributed by atoms with Gasteiger partial charge in [-0.15, -0.1) is 24.0 Å². The number of pyridine rings is 1. The molecule has 26 heavy (non-hydrogen) atoms. The van der Waals surface area contributed by atoms with Crippen molar-refractivity contribution >= 4 is 35.8 Å². The number of halogens is 1. The normalized spacial score (nSPS) is 15.9. The van der Waals surface area contributed by atoms with Gasteiger partial charge in [0.15, 0.2) is 5.96 Å². The summed E-state index contributed by atoms with van der Waals surface area (Å²) in [7, 11) is 0. The predicted octanol–water partition coefficient (Wildman–Crippen LogP) is 4.23. The predicted molar refractivity (Wildman–Crippen MR) is 122 cm³/mol. The lowest BCUT2D eigenvalue weighted by molar-refractivity contribution is 0.493. The van der Waals surface area contributed by atoms with Crippen LogP contribution in [0.5, 0.6) is 0 Å². The topological polar surface area (TPSA) is 66.5 Å². The van der Waals surface area contributed by atoms with Crippen LogP contribution < -0.4 is 16.0 Å². The van der Waals surface area contributed by atoms with E-state index >= 15 is 0 Å². The first-order valence-corrected chi connectivity index (χ1v) is 9.73. The number of nitrogens with two attached hydrogens (primary N) is 1. The maximum atomic E-state index is 6.09. The van der Waals surface area contributed by atoms with Crippen LogP contribution in [0.2, 0.25) is 0 Å².